The van der Waals surface area contributed by atoms with Gasteiger partial charge in [0.25, 0.3) is 0 Å². The van der Waals surface area contributed by atoms with Gasteiger partial charge in [-0.1, -0.05) is 41.0 Å². The van der Waals surface area contributed by atoms with E-state index in [4.69, 9.17) is 23.2 Å². The third kappa shape index (κ3) is 4.84. The van der Waals surface area contributed by atoms with Crippen molar-refractivity contribution in [3.8, 4) is 17.1 Å². The summed E-state index contributed by atoms with van der Waals surface area (Å²) in [5.41, 5.74) is 1.54. The molecular formula is C20H15Cl2N5OS2. The van der Waals surface area contributed by atoms with Crippen molar-refractivity contribution in [2.75, 3.05) is 5.75 Å². The second-order valence-electron chi connectivity index (χ2n) is 6.13. The molecule has 0 aliphatic rings. The number of nitrogens with zero attached hydrogens (tertiary/aromatic N) is 4. The molecule has 30 heavy (non-hydrogen) atoms. The number of carbonyl (C=O) groups excluding carboxylic acids is 1. The van der Waals surface area contributed by atoms with E-state index in [1.165, 1.54) is 11.8 Å². The highest BCUT2D eigenvalue weighted by Gasteiger charge is 2.18. The number of thiophene rings is 1. The Balaban J connectivity index is 1.58. The summed E-state index contributed by atoms with van der Waals surface area (Å²) in [6.07, 6.45) is 3.40. The molecule has 3 heterocycles. The van der Waals surface area contributed by atoms with Crippen LogP contribution in [0.15, 0.2) is 65.4 Å². The Bertz CT molecular complexity index is 1150. The standard InChI is InChI=1S/C20H15Cl2N5OS2/c21-16-6-5-14(9-17(16)22)27-19(13-3-1-7-23-10-13)25-26-20(27)30-12-18(28)24-11-15-4-2-8-29-15/h1-10H,11-12H2,(H,24,28). The van der Waals surface area contributed by atoms with Crippen LogP contribution in [-0.4, -0.2) is 31.4 Å². The monoisotopic (exact) mass is 475 g/mol. The zero-order chi connectivity index (χ0) is 20.9. The van der Waals surface area contributed by atoms with Crippen LogP contribution >= 0.6 is 46.3 Å². The first-order chi connectivity index (χ1) is 14.6. The van der Waals surface area contributed by atoms with Crippen molar-refractivity contribution in [1.29, 1.82) is 0 Å². The number of thioether (sulfide) groups is 1. The maximum Gasteiger partial charge on any atom is 0.230 e. The van der Waals surface area contributed by atoms with E-state index in [0.717, 1.165) is 16.1 Å². The number of pyridine rings is 1. The molecule has 4 aromatic rings. The Morgan fingerprint density at radius 3 is 2.77 bits per heavy atom. The van der Waals surface area contributed by atoms with Gasteiger partial charge in [0.05, 0.1) is 28.0 Å². The first kappa shape index (κ1) is 20.9. The Hall–Kier alpha value is -2.39. The van der Waals surface area contributed by atoms with Crippen LogP contribution in [0.3, 0.4) is 0 Å². The molecule has 0 saturated carbocycles. The molecule has 1 amide bonds. The van der Waals surface area contributed by atoms with E-state index in [9.17, 15) is 4.79 Å². The number of hydrogen-bond donors (Lipinski definition) is 1. The molecule has 0 unspecified atom stereocenters. The van der Waals surface area contributed by atoms with Gasteiger partial charge in [-0.25, -0.2) is 0 Å². The SMILES string of the molecule is O=C(CSc1nnc(-c2cccnc2)n1-c1ccc(Cl)c(Cl)c1)NCc1cccs1. The third-order valence-corrected chi connectivity index (χ3v) is 6.63. The zero-order valence-corrected chi connectivity index (χ0v) is 18.6. The number of amides is 1. The maximum absolute atomic E-state index is 12.3. The molecule has 0 spiro atoms. The minimum Gasteiger partial charge on any atom is -0.350 e. The summed E-state index contributed by atoms with van der Waals surface area (Å²) in [6.45, 7) is 0.511. The van der Waals surface area contributed by atoms with Gasteiger partial charge in [0.15, 0.2) is 11.0 Å². The summed E-state index contributed by atoms with van der Waals surface area (Å²) in [6, 6.07) is 13.0. The lowest BCUT2D eigenvalue weighted by molar-refractivity contribution is -0.118. The van der Waals surface area contributed by atoms with E-state index in [2.05, 4.69) is 20.5 Å². The van der Waals surface area contributed by atoms with Crippen LogP contribution in [-0.2, 0) is 11.3 Å². The summed E-state index contributed by atoms with van der Waals surface area (Å²) in [4.78, 5) is 17.6. The second-order valence-corrected chi connectivity index (χ2v) is 8.92. The van der Waals surface area contributed by atoms with Gasteiger partial charge in [0, 0.05) is 22.8 Å². The lowest BCUT2D eigenvalue weighted by Crippen LogP contribution is -2.24. The second kappa shape index (κ2) is 9.61. The zero-order valence-electron chi connectivity index (χ0n) is 15.5. The van der Waals surface area contributed by atoms with Crippen molar-refractivity contribution in [1.82, 2.24) is 25.1 Å². The van der Waals surface area contributed by atoms with Crippen molar-refractivity contribution < 1.29 is 4.79 Å². The molecule has 152 valence electrons. The Morgan fingerprint density at radius 1 is 1.13 bits per heavy atom. The average Bonchev–Trinajstić information content (AvgIpc) is 3.43. The molecule has 0 radical (unpaired) electrons. The molecule has 10 heteroatoms. The number of benzene rings is 1. The number of rotatable bonds is 7. The highest BCUT2D eigenvalue weighted by Crippen LogP contribution is 2.31. The highest BCUT2D eigenvalue weighted by molar-refractivity contribution is 7.99. The topological polar surface area (TPSA) is 72.7 Å². The lowest BCUT2D eigenvalue weighted by Gasteiger charge is -2.11. The molecule has 0 atom stereocenters. The largest absolute Gasteiger partial charge is 0.350 e. The van der Waals surface area contributed by atoms with Crippen molar-refractivity contribution in [2.45, 2.75) is 11.7 Å². The smallest absolute Gasteiger partial charge is 0.230 e. The van der Waals surface area contributed by atoms with Gasteiger partial charge in [-0.2, -0.15) is 0 Å². The molecule has 1 aromatic carbocycles. The Morgan fingerprint density at radius 2 is 2.03 bits per heavy atom. The molecule has 0 fully saturated rings. The van der Waals surface area contributed by atoms with Gasteiger partial charge in [0.1, 0.15) is 0 Å². The molecule has 4 rings (SSSR count). The molecule has 6 nitrogen and oxygen atoms in total. The van der Waals surface area contributed by atoms with Gasteiger partial charge >= 0.3 is 0 Å². The van der Waals surface area contributed by atoms with Gasteiger partial charge in [-0.05, 0) is 41.8 Å². The third-order valence-electron chi connectivity index (χ3n) is 4.09. The lowest BCUT2D eigenvalue weighted by atomic mass is 10.2. The van der Waals surface area contributed by atoms with Crippen molar-refractivity contribution in [3.05, 3.63) is 75.2 Å². The molecule has 1 N–H and O–H groups in total. The normalized spacial score (nSPS) is 10.9. The number of aromatic nitrogens is 4. The first-order valence-electron chi connectivity index (χ1n) is 8.85. The summed E-state index contributed by atoms with van der Waals surface area (Å²) in [7, 11) is 0. The summed E-state index contributed by atoms with van der Waals surface area (Å²) >= 11 is 15.2. The van der Waals surface area contributed by atoms with Crippen LogP contribution in [0, 0.1) is 0 Å². The maximum atomic E-state index is 12.3. The minimum absolute atomic E-state index is 0.0833. The fourth-order valence-corrected chi connectivity index (χ4v) is 4.40. The molecular weight excluding hydrogens is 461 g/mol. The van der Waals surface area contributed by atoms with Gasteiger partial charge in [-0.3, -0.25) is 14.3 Å². The fourth-order valence-electron chi connectivity index (χ4n) is 2.68. The predicted octanol–water partition coefficient (Wildman–Crippen LogP) is 5.11. The minimum atomic E-state index is -0.0833. The van der Waals surface area contributed by atoms with Crippen LogP contribution in [0.25, 0.3) is 17.1 Å². The van der Waals surface area contributed by atoms with E-state index in [1.54, 1.807) is 35.9 Å². The molecule has 0 saturated heterocycles. The number of halogens is 2. The first-order valence-corrected chi connectivity index (χ1v) is 11.5. The summed E-state index contributed by atoms with van der Waals surface area (Å²) < 4.78 is 1.84. The van der Waals surface area contributed by atoms with Gasteiger partial charge in [-0.15, -0.1) is 21.5 Å². The van der Waals surface area contributed by atoms with Crippen molar-refractivity contribution in [3.63, 3.8) is 0 Å². The quantitative estimate of drug-likeness (QED) is 0.376. The highest BCUT2D eigenvalue weighted by atomic mass is 35.5. The van der Waals surface area contributed by atoms with Crippen LogP contribution in [0.1, 0.15) is 4.88 Å². The Kier molecular flexibility index (Phi) is 6.69. The van der Waals surface area contributed by atoms with Crippen molar-refractivity contribution >= 4 is 52.2 Å². The molecule has 0 aliphatic heterocycles. The van der Waals surface area contributed by atoms with Gasteiger partial charge < -0.3 is 5.32 Å². The van der Waals surface area contributed by atoms with E-state index in [1.807, 2.05) is 40.3 Å². The Labute approximate surface area is 191 Å². The average molecular weight is 476 g/mol. The number of carbonyl (C=O) groups is 1. The fraction of sp³-hybridized carbons (Fsp3) is 0.100. The summed E-state index contributed by atoms with van der Waals surface area (Å²) in [5.74, 6) is 0.723. The van der Waals surface area contributed by atoms with Crippen LogP contribution in [0.5, 0.6) is 0 Å². The van der Waals surface area contributed by atoms with Crippen LogP contribution in [0.2, 0.25) is 10.0 Å². The number of hydrogen-bond acceptors (Lipinski definition) is 6. The molecule has 0 aliphatic carbocycles. The van der Waals surface area contributed by atoms with Crippen molar-refractivity contribution in [2.24, 2.45) is 0 Å². The molecule has 3 aromatic heterocycles. The van der Waals surface area contributed by atoms with E-state index >= 15 is 0 Å². The predicted molar refractivity (Wildman–Crippen MR) is 121 cm³/mol. The van der Waals surface area contributed by atoms with E-state index < -0.39 is 0 Å². The van der Waals surface area contributed by atoms with E-state index in [-0.39, 0.29) is 11.7 Å². The summed E-state index contributed by atoms with van der Waals surface area (Å²) in [5, 5.41) is 15.0. The molecule has 0 bridgehead atoms. The van der Waals surface area contributed by atoms with Crippen LogP contribution < -0.4 is 5.32 Å². The van der Waals surface area contributed by atoms with Crippen LogP contribution in [0.4, 0.5) is 0 Å². The van der Waals surface area contributed by atoms with Gasteiger partial charge in [0.2, 0.25) is 5.91 Å². The number of nitrogens with one attached hydrogen (secondary N) is 1. The van der Waals surface area contributed by atoms with E-state index in [0.29, 0.717) is 27.6 Å².